The molecule has 1 heterocycles. The summed E-state index contributed by atoms with van der Waals surface area (Å²) in [6.45, 7) is 3.03. The number of fused-ring (bicyclic) bond motifs is 1. The Hall–Kier alpha value is -0.970. The highest BCUT2D eigenvalue weighted by atomic mass is 35.5. The molecule has 5 heteroatoms. The summed E-state index contributed by atoms with van der Waals surface area (Å²) in [5.74, 6) is 1.90. The van der Waals surface area contributed by atoms with Gasteiger partial charge in [-0.3, -0.25) is 4.90 Å². The van der Waals surface area contributed by atoms with Gasteiger partial charge in [-0.15, -0.1) is 0 Å². The number of nitrogens with zero attached hydrogens (tertiary/aromatic N) is 2. The minimum absolute atomic E-state index is 0.502. The molecule has 0 spiro atoms. The third-order valence-corrected chi connectivity index (χ3v) is 4.77. The number of benzene rings is 1. The van der Waals surface area contributed by atoms with Crippen molar-refractivity contribution in [3.63, 3.8) is 0 Å². The summed E-state index contributed by atoms with van der Waals surface area (Å²) in [6, 6.07) is 8.49. The summed E-state index contributed by atoms with van der Waals surface area (Å²) in [4.78, 5) is 6.80. The largest absolute Gasteiger partial charge is 0.497 e. The van der Waals surface area contributed by atoms with E-state index in [0.29, 0.717) is 11.2 Å². The Bertz CT molecular complexity index is 620. The zero-order valence-corrected chi connectivity index (χ0v) is 14.5. The molecule has 1 aromatic heterocycles. The van der Waals surface area contributed by atoms with Gasteiger partial charge in [0, 0.05) is 35.4 Å². The lowest BCUT2D eigenvalue weighted by molar-refractivity contribution is 0.269. The van der Waals surface area contributed by atoms with Crippen LogP contribution in [0.4, 0.5) is 0 Å². The number of halogens is 1. The van der Waals surface area contributed by atoms with E-state index in [1.165, 1.54) is 0 Å². The zero-order chi connectivity index (χ0) is 15.4. The highest BCUT2D eigenvalue weighted by Gasteiger charge is 2.12. The third kappa shape index (κ3) is 4.02. The van der Waals surface area contributed by atoms with Gasteiger partial charge in [0.25, 0.3) is 0 Å². The van der Waals surface area contributed by atoms with Crippen LogP contribution in [0.5, 0.6) is 5.75 Å². The summed E-state index contributed by atoms with van der Waals surface area (Å²) in [6.07, 6.45) is 2.13. The summed E-state index contributed by atoms with van der Waals surface area (Å²) in [5, 5.41) is 1.65. The zero-order valence-electron chi connectivity index (χ0n) is 12.9. The van der Waals surface area contributed by atoms with Crippen molar-refractivity contribution in [1.82, 2.24) is 9.88 Å². The average molecular weight is 325 g/mol. The van der Waals surface area contributed by atoms with Gasteiger partial charge in [0.05, 0.1) is 12.6 Å². The van der Waals surface area contributed by atoms with E-state index in [4.69, 9.17) is 16.3 Å². The molecule has 2 aromatic rings. The molecule has 0 aliphatic rings. The highest BCUT2D eigenvalue weighted by Crippen LogP contribution is 2.25. The van der Waals surface area contributed by atoms with E-state index < -0.39 is 0 Å². The first-order valence-corrected chi connectivity index (χ1v) is 8.64. The lowest BCUT2D eigenvalue weighted by atomic mass is 10.1. The van der Waals surface area contributed by atoms with Crippen LogP contribution in [0.2, 0.25) is 5.15 Å². The second-order valence-corrected chi connectivity index (χ2v) is 6.49. The molecule has 3 nitrogen and oxygen atoms in total. The molecule has 114 valence electrons. The SMILES string of the molecule is COc1ccc2cc(CN(C)C(C)CSC)c(Cl)nc2c1. The van der Waals surface area contributed by atoms with Gasteiger partial charge in [-0.1, -0.05) is 11.6 Å². The van der Waals surface area contributed by atoms with E-state index >= 15 is 0 Å². The number of hydrogen-bond donors (Lipinski definition) is 0. The van der Waals surface area contributed by atoms with Crippen LogP contribution in [0.1, 0.15) is 12.5 Å². The van der Waals surface area contributed by atoms with Crippen molar-refractivity contribution in [2.75, 3.05) is 26.2 Å². The first-order chi connectivity index (χ1) is 10.0. The average Bonchev–Trinajstić information content (AvgIpc) is 2.47. The van der Waals surface area contributed by atoms with E-state index in [9.17, 15) is 0 Å². The van der Waals surface area contributed by atoms with Crippen molar-refractivity contribution in [2.24, 2.45) is 0 Å². The van der Waals surface area contributed by atoms with Gasteiger partial charge in [0.1, 0.15) is 10.9 Å². The molecule has 2 rings (SSSR count). The quantitative estimate of drug-likeness (QED) is 0.748. The number of thioether (sulfide) groups is 1. The van der Waals surface area contributed by atoms with Crippen LogP contribution in [0.3, 0.4) is 0 Å². The van der Waals surface area contributed by atoms with E-state index in [0.717, 1.165) is 34.5 Å². The number of methoxy groups -OCH3 is 1. The first-order valence-electron chi connectivity index (χ1n) is 6.87. The maximum atomic E-state index is 6.34. The monoisotopic (exact) mass is 324 g/mol. The normalized spacial score (nSPS) is 12.9. The third-order valence-electron chi connectivity index (χ3n) is 3.63. The fourth-order valence-corrected chi connectivity index (χ4v) is 3.14. The fraction of sp³-hybridized carbons (Fsp3) is 0.438. The summed E-state index contributed by atoms with van der Waals surface area (Å²) >= 11 is 8.20. The number of aromatic nitrogens is 1. The van der Waals surface area contributed by atoms with Crippen LogP contribution in [-0.2, 0) is 6.54 Å². The van der Waals surface area contributed by atoms with Crippen LogP contribution in [0, 0.1) is 0 Å². The minimum Gasteiger partial charge on any atom is -0.497 e. The molecule has 0 aliphatic carbocycles. The molecule has 0 fully saturated rings. The van der Waals surface area contributed by atoms with Gasteiger partial charge in [-0.05, 0) is 38.4 Å². The van der Waals surface area contributed by atoms with Gasteiger partial charge < -0.3 is 4.74 Å². The molecule has 1 unspecified atom stereocenters. The van der Waals surface area contributed by atoms with Crippen molar-refractivity contribution < 1.29 is 4.74 Å². The molecule has 0 bridgehead atoms. The van der Waals surface area contributed by atoms with Gasteiger partial charge in [0.2, 0.25) is 0 Å². The summed E-state index contributed by atoms with van der Waals surface area (Å²) < 4.78 is 5.22. The number of ether oxygens (including phenoxy) is 1. The van der Waals surface area contributed by atoms with Crippen LogP contribution in [0.25, 0.3) is 10.9 Å². The molecule has 1 aromatic carbocycles. The lowest BCUT2D eigenvalue weighted by Gasteiger charge is -2.24. The molecule has 0 saturated heterocycles. The van der Waals surface area contributed by atoms with Crippen molar-refractivity contribution in [3.05, 3.63) is 35.0 Å². The van der Waals surface area contributed by atoms with Crippen molar-refractivity contribution in [2.45, 2.75) is 19.5 Å². The van der Waals surface area contributed by atoms with Gasteiger partial charge in [-0.2, -0.15) is 11.8 Å². The van der Waals surface area contributed by atoms with Gasteiger partial charge in [-0.25, -0.2) is 4.98 Å². The highest BCUT2D eigenvalue weighted by molar-refractivity contribution is 7.98. The molecule has 21 heavy (non-hydrogen) atoms. The molecular formula is C16H21ClN2OS. The number of pyridine rings is 1. The summed E-state index contributed by atoms with van der Waals surface area (Å²) in [5.41, 5.74) is 1.92. The predicted molar refractivity (Wildman–Crippen MR) is 92.6 cm³/mol. The van der Waals surface area contributed by atoms with E-state index in [1.54, 1.807) is 7.11 Å². The van der Waals surface area contributed by atoms with E-state index in [-0.39, 0.29) is 0 Å². The van der Waals surface area contributed by atoms with Gasteiger partial charge >= 0.3 is 0 Å². The molecule has 1 atom stereocenters. The number of rotatable bonds is 6. The molecule has 0 aliphatic heterocycles. The Morgan fingerprint density at radius 3 is 2.81 bits per heavy atom. The molecule has 0 radical (unpaired) electrons. The standard InChI is InChI=1S/C16H21ClN2OS/c1-11(10-21-4)19(2)9-13-7-12-5-6-14(20-3)8-15(12)18-16(13)17/h5-8,11H,9-10H2,1-4H3. The molecule has 0 saturated carbocycles. The van der Waals surface area contributed by atoms with Crippen LogP contribution < -0.4 is 4.74 Å². The maximum Gasteiger partial charge on any atom is 0.134 e. The van der Waals surface area contributed by atoms with E-state index in [2.05, 4.69) is 36.2 Å². The first kappa shape index (κ1) is 16.4. The smallest absolute Gasteiger partial charge is 0.134 e. The second-order valence-electron chi connectivity index (χ2n) is 5.22. The Morgan fingerprint density at radius 1 is 1.38 bits per heavy atom. The Morgan fingerprint density at radius 2 is 2.14 bits per heavy atom. The lowest BCUT2D eigenvalue weighted by Crippen LogP contribution is -2.30. The second kappa shape index (κ2) is 7.34. The number of hydrogen-bond acceptors (Lipinski definition) is 4. The van der Waals surface area contributed by atoms with Crippen molar-refractivity contribution in [1.29, 1.82) is 0 Å². The van der Waals surface area contributed by atoms with E-state index in [1.807, 2.05) is 30.0 Å². The van der Waals surface area contributed by atoms with Crippen LogP contribution >= 0.6 is 23.4 Å². The van der Waals surface area contributed by atoms with Gasteiger partial charge in [0.15, 0.2) is 0 Å². The topological polar surface area (TPSA) is 25.4 Å². The Labute approximate surface area is 135 Å². The Kier molecular flexibility index (Phi) is 5.73. The maximum absolute atomic E-state index is 6.34. The molecule has 0 N–H and O–H groups in total. The predicted octanol–water partition coefficient (Wildman–Crippen LogP) is 4.08. The Balaban J connectivity index is 2.26. The summed E-state index contributed by atoms with van der Waals surface area (Å²) in [7, 11) is 3.77. The van der Waals surface area contributed by atoms with Crippen molar-refractivity contribution in [3.8, 4) is 5.75 Å². The molecular weight excluding hydrogens is 304 g/mol. The minimum atomic E-state index is 0.502. The van der Waals surface area contributed by atoms with Crippen LogP contribution in [0.15, 0.2) is 24.3 Å². The fourth-order valence-electron chi connectivity index (χ4n) is 2.20. The van der Waals surface area contributed by atoms with Crippen LogP contribution in [-0.4, -0.2) is 42.1 Å². The van der Waals surface area contributed by atoms with Crippen molar-refractivity contribution >= 4 is 34.3 Å². The molecule has 0 amide bonds.